The highest BCUT2D eigenvalue weighted by Gasteiger charge is 2.45. The molecule has 0 saturated carbocycles. The molecule has 10 nitrogen and oxygen atoms in total. The molecule has 2 aliphatic heterocycles. The van der Waals surface area contributed by atoms with Crippen LogP contribution in [0.4, 0.5) is 5.13 Å². The summed E-state index contributed by atoms with van der Waals surface area (Å²) in [5, 5.41) is 15.0. The molecule has 5 heterocycles. The molecule has 11 heteroatoms. The Morgan fingerprint density at radius 2 is 2.29 bits per heavy atom. The molecule has 1 atom stereocenters. The number of nitrogens with zero attached hydrogens (tertiary/aromatic N) is 7. The van der Waals surface area contributed by atoms with Gasteiger partial charge in [-0.25, -0.2) is 4.98 Å². The van der Waals surface area contributed by atoms with Crippen molar-refractivity contribution in [3.63, 3.8) is 0 Å². The standard InChI is InChI=1S/C17H20N8O2S/c18-16-20-12(9-28-16)15(26)23-7-3-17(10-23)11-25-13(21-22-14(25)8-27-17)2-6-24-5-1-4-19-24/h1,4-5,9H,2-3,6-8,10-11H2,(H2,18,20). The molecule has 5 rings (SSSR count). The maximum atomic E-state index is 12.7. The van der Waals surface area contributed by atoms with Gasteiger partial charge in [-0.3, -0.25) is 9.48 Å². The van der Waals surface area contributed by atoms with E-state index in [1.165, 1.54) is 11.3 Å². The summed E-state index contributed by atoms with van der Waals surface area (Å²) in [4.78, 5) is 18.6. The lowest BCUT2D eigenvalue weighted by molar-refractivity contribution is -0.0815. The van der Waals surface area contributed by atoms with E-state index in [1.54, 1.807) is 16.5 Å². The molecular weight excluding hydrogens is 380 g/mol. The number of carbonyl (C=O) groups is 1. The van der Waals surface area contributed by atoms with Crippen LogP contribution in [0.1, 0.15) is 28.6 Å². The number of hydrogen-bond acceptors (Lipinski definition) is 8. The fraction of sp³-hybridized carbons (Fsp3) is 0.471. The number of likely N-dealkylation sites (tertiary alicyclic amines) is 1. The van der Waals surface area contributed by atoms with Crippen LogP contribution in [0.2, 0.25) is 0 Å². The molecule has 1 fully saturated rings. The van der Waals surface area contributed by atoms with Crippen LogP contribution in [0.3, 0.4) is 0 Å². The van der Waals surface area contributed by atoms with Crippen LogP contribution in [-0.2, 0) is 30.9 Å². The van der Waals surface area contributed by atoms with Crippen LogP contribution >= 0.6 is 11.3 Å². The number of fused-ring (bicyclic) bond motifs is 1. The Morgan fingerprint density at radius 3 is 3.07 bits per heavy atom. The largest absolute Gasteiger partial charge is 0.375 e. The van der Waals surface area contributed by atoms with E-state index in [4.69, 9.17) is 10.5 Å². The summed E-state index contributed by atoms with van der Waals surface area (Å²) >= 11 is 1.28. The third-order valence-electron chi connectivity index (χ3n) is 5.33. The first-order valence-corrected chi connectivity index (χ1v) is 10.0. The summed E-state index contributed by atoms with van der Waals surface area (Å²) in [6.07, 6.45) is 5.21. The number of thiazole rings is 1. The molecule has 2 aliphatic rings. The van der Waals surface area contributed by atoms with Crippen molar-refractivity contribution in [1.29, 1.82) is 0 Å². The van der Waals surface area contributed by atoms with Crippen molar-refractivity contribution in [3.8, 4) is 0 Å². The average Bonchev–Trinajstić information content (AvgIpc) is 3.47. The number of aryl methyl sites for hydroxylation is 2. The maximum absolute atomic E-state index is 12.7. The molecule has 1 saturated heterocycles. The zero-order valence-electron chi connectivity index (χ0n) is 15.2. The van der Waals surface area contributed by atoms with Gasteiger partial charge in [-0.05, 0) is 12.5 Å². The number of carbonyl (C=O) groups excluding carboxylic acids is 1. The van der Waals surface area contributed by atoms with Crippen LogP contribution in [0.15, 0.2) is 23.8 Å². The molecule has 3 aromatic heterocycles. The van der Waals surface area contributed by atoms with Gasteiger partial charge in [-0.15, -0.1) is 21.5 Å². The fourth-order valence-corrected chi connectivity index (χ4v) is 4.40. The monoisotopic (exact) mass is 400 g/mol. The average molecular weight is 400 g/mol. The lowest BCUT2D eigenvalue weighted by atomic mass is 10.0. The van der Waals surface area contributed by atoms with Crippen molar-refractivity contribution in [2.75, 3.05) is 18.8 Å². The first-order valence-electron chi connectivity index (χ1n) is 9.15. The molecule has 3 aromatic rings. The maximum Gasteiger partial charge on any atom is 0.273 e. The van der Waals surface area contributed by atoms with Gasteiger partial charge in [0.15, 0.2) is 11.0 Å². The molecule has 0 aromatic carbocycles. The zero-order chi connectivity index (χ0) is 19.1. The van der Waals surface area contributed by atoms with E-state index in [9.17, 15) is 4.79 Å². The highest BCUT2D eigenvalue weighted by atomic mass is 32.1. The van der Waals surface area contributed by atoms with E-state index in [1.807, 2.05) is 16.9 Å². The second-order valence-corrected chi connectivity index (χ2v) is 8.05. The number of nitrogens with two attached hydrogens (primary N) is 1. The van der Waals surface area contributed by atoms with Gasteiger partial charge in [0, 0.05) is 37.3 Å². The number of ether oxygens (including phenoxy) is 1. The van der Waals surface area contributed by atoms with Crippen molar-refractivity contribution >= 4 is 22.4 Å². The van der Waals surface area contributed by atoms with Gasteiger partial charge in [0.05, 0.1) is 13.1 Å². The van der Waals surface area contributed by atoms with Gasteiger partial charge in [0.1, 0.15) is 23.7 Å². The predicted molar refractivity (Wildman–Crippen MR) is 101 cm³/mol. The zero-order valence-corrected chi connectivity index (χ0v) is 16.0. The first-order chi connectivity index (χ1) is 13.6. The lowest BCUT2D eigenvalue weighted by Gasteiger charge is -2.34. The van der Waals surface area contributed by atoms with Crippen molar-refractivity contribution in [3.05, 3.63) is 41.2 Å². The van der Waals surface area contributed by atoms with Gasteiger partial charge in [0.25, 0.3) is 5.91 Å². The highest BCUT2D eigenvalue weighted by molar-refractivity contribution is 7.13. The van der Waals surface area contributed by atoms with Gasteiger partial charge in [-0.1, -0.05) is 0 Å². The number of aromatic nitrogens is 6. The van der Waals surface area contributed by atoms with E-state index in [2.05, 4.69) is 24.8 Å². The molecule has 0 bridgehead atoms. The quantitative estimate of drug-likeness (QED) is 0.680. The Kier molecular flexibility index (Phi) is 4.13. The van der Waals surface area contributed by atoms with Gasteiger partial charge in [0.2, 0.25) is 0 Å². The minimum Gasteiger partial charge on any atom is -0.375 e. The third kappa shape index (κ3) is 3.06. The van der Waals surface area contributed by atoms with Crippen molar-refractivity contribution in [1.82, 2.24) is 34.4 Å². The van der Waals surface area contributed by atoms with E-state index in [-0.39, 0.29) is 5.91 Å². The minimum absolute atomic E-state index is 0.0955. The molecule has 0 aliphatic carbocycles. The number of hydrogen-bond donors (Lipinski definition) is 1. The highest BCUT2D eigenvalue weighted by Crippen LogP contribution is 2.33. The Balaban J connectivity index is 1.30. The van der Waals surface area contributed by atoms with E-state index in [0.717, 1.165) is 31.0 Å². The number of anilines is 1. The lowest BCUT2D eigenvalue weighted by Crippen LogP contribution is -2.45. The Labute approximate surface area is 164 Å². The minimum atomic E-state index is -0.410. The number of rotatable bonds is 4. The Morgan fingerprint density at radius 1 is 1.36 bits per heavy atom. The molecule has 1 amide bonds. The summed E-state index contributed by atoms with van der Waals surface area (Å²) < 4.78 is 10.2. The Bertz CT molecular complexity index is 997. The number of nitrogen functional groups attached to an aromatic ring is 1. The molecule has 28 heavy (non-hydrogen) atoms. The van der Waals surface area contributed by atoms with E-state index >= 15 is 0 Å². The summed E-state index contributed by atoms with van der Waals surface area (Å²) in [5.41, 5.74) is 5.65. The second kappa shape index (κ2) is 6.67. The van der Waals surface area contributed by atoms with Gasteiger partial charge in [-0.2, -0.15) is 5.10 Å². The summed E-state index contributed by atoms with van der Waals surface area (Å²) in [6.45, 7) is 2.96. The second-order valence-electron chi connectivity index (χ2n) is 7.16. The molecule has 2 N–H and O–H groups in total. The summed E-state index contributed by atoms with van der Waals surface area (Å²) in [6, 6.07) is 1.90. The first kappa shape index (κ1) is 17.3. The molecule has 146 valence electrons. The van der Waals surface area contributed by atoms with Gasteiger partial charge >= 0.3 is 0 Å². The predicted octanol–water partition coefficient (Wildman–Crippen LogP) is 0.571. The smallest absolute Gasteiger partial charge is 0.273 e. The topological polar surface area (TPSA) is 117 Å². The van der Waals surface area contributed by atoms with E-state index in [0.29, 0.717) is 37.1 Å². The van der Waals surface area contributed by atoms with Crippen molar-refractivity contribution < 1.29 is 9.53 Å². The van der Waals surface area contributed by atoms with Crippen LogP contribution in [0.5, 0.6) is 0 Å². The third-order valence-corrected chi connectivity index (χ3v) is 6.00. The molecular formula is C17H20N8O2S. The van der Waals surface area contributed by atoms with Crippen LogP contribution < -0.4 is 5.73 Å². The molecule has 0 radical (unpaired) electrons. The van der Waals surface area contributed by atoms with Gasteiger partial charge < -0.3 is 19.9 Å². The summed E-state index contributed by atoms with van der Waals surface area (Å²) in [5.74, 6) is 1.66. The van der Waals surface area contributed by atoms with Crippen LogP contribution in [0.25, 0.3) is 0 Å². The van der Waals surface area contributed by atoms with E-state index < -0.39 is 5.60 Å². The summed E-state index contributed by atoms with van der Waals surface area (Å²) in [7, 11) is 0. The van der Waals surface area contributed by atoms with Crippen molar-refractivity contribution in [2.24, 2.45) is 0 Å². The number of amides is 1. The van der Waals surface area contributed by atoms with Crippen molar-refractivity contribution in [2.45, 2.75) is 38.1 Å². The normalized spacial score (nSPS) is 21.4. The molecule has 1 unspecified atom stereocenters. The fourth-order valence-electron chi connectivity index (χ4n) is 3.86. The Hall–Kier alpha value is -2.79. The van der Waals surface area contributed by atoms with Crippen LogP contribution in [-0.4, -0.2) is 59.0 Å². The van der Waals surface area contributed by atoms with Crippen LogP contribution in [0, 0.1) is 0 Å². The SMILES string of the molecule is Nc1nc(C(=O)N2CCC3(C2)Cn2c(CCn4cccn4)nnc2CO3)cs1. The molecule has 1 spiro atoms.